The molecular formula is C20H22N4O5S. The number of ether oxygens (including phenoxy) is 1. The number of hydrogen-bond donors (Lipinski definition) is 2. The fourth-order valence-corrected chi connectivity index (χ4v) is 5.59. The van der Waals surface area contributed by atoms with Gasteiger partial charge in [-0.3, -0.25) is 0 Å². The first kappa shape index (κ1) is 20.8. The number of fused-ring (bicyclic) bond motifs is 1. The number of aliphatic hydroxyl groups excluding tert-OH is 1. The first-order valence-electron chi connectivity index (χ1n) is 9.68. The van der Waals surface area contributed by atoms with Crippen LogP contribution in [0.1, 0.15) is 25.5 Å². The summed E-state index contributed by atoms with van der Waals surface area (Å²) in [5.74, 6) is -1.00. The van der Waals surface area contributed by atoms with Crippen LogP contribution in [0.2, 0.25) is 0 Å². The Hall–Kier alpha value is -2.42. The predicted octanol–water partition coefficient (Wildman–Crippen LogP) is 1.39. The van der Waals surface area contributed by atoms with Crippen molar-refractivity contribution < 1.29 is 24.3 Å². The summed E-state index contributed by atoms with van der Waals surface area (Å²) in [6, 6.07) is 9.32. The molecular weight excluding hydrogens is 408 g/mol. The van der Waals surface area contributed by atoms with Crippen molar-refractivity contribution in [3.05, 3.63) is 36.2 Å². The molecule has 1 aromatic carbocycles. The highest BCUT2D eigenvalue weighted by atomic mass is 32.2. The molecule has 1 aromatic heterocycles. The lowest BCUT2D eigenvalue weighted by Gasteiger charge is -2.44. The van der Waals surface area contributed by atoms with Crippen molar-refractivity contribution in [3.8, 4) is 6.07 Å². The van der Waals surface area contributed by atoms with Crippen molar-refractivity contribution in [1.82, 2.24) is 9.29 Å². The van der Waals surface area contributed by atoms with Gasteiger partial charge in [-0.25, -0.2) is 9.78 Å². The highest BCUT2D eigenvalue weighted by Gasteiger charge is 2.46. The molecule has 3 heterocycles. The Morgan fingerprint density at radius 3 is 2.90 bits per heavy atom. The largest absolute Gasteiger partial charge is 0.573 e. The Balaban J connectivity index is 1.62. The smallest absolute Gasteiger partial charge is 0.333 e. The minimum Gasteiger partial charge on any atom is -0.573 e. The quantitative estimate of drug-likeness (QED) is 0.693. The molecule has 2 aliphatic rings. The van der Waals surface area contributed by atoms with Crippen LogP contribution < -0.4 is 4.31 Å². The number of anilines is 1. The van der Waals surface area contributed by atoms with Gasteiger partial charge in [0.05, 0.1) is 24.9 Å². The Labute approximate surface area is 176 Å². The molecule has 30 heavy (non-hydrogen) atoms. The van der Waals surface area contributed by atoms with Gasteiger partial charge in [-0.05, 0) is 35.6 Å². The van der Waals surface area contributed by atoms with Crippen molar-refractivity contribution in [2.75, 3.05) is 17.4 Å². The number of aromatic nitrogens is 1. The number of rotatable bonds is 3. The molecule has 2 N–H and O–H groups in total. The van der Waals surface area contributed by atoms with E-state index < -0.39 is 36.0 Å². The van der Waals surface area contributed by atoms with Crippen molar-refractivity contribution in [2.45, 2.75) is 38.2 Å². The predicted molar refractivity (Wildman–Crippen MR) is 109 cm³/mol. The summed E-state index contributed by atoms with van der Waals surface area (Å²) < 4.78 is 22.4. The lowest BCUT2D eigenvalue weighted by atomic mass is 10.0. The third kappa shape index (κ3) is 3.95. The van der Waals surface area contributed by atoms with E-state index in [1.165, 1.54) is 0 Å². The van der Waals surface area contributed by atoms with E-state index in [-0.39, 0.29) is 18.8 Å². The minimum atomic E-state index is -1.62. The fourth-order valence-electron chi connectivity index (χ4n) is 3.95. The van der Waals surface area contributed by atoms with Crippen LogP contribution in [0.5, 0.6) is 0 Å². The van der Waals surface area contributed by atoms with Crippen LogP contribution in [0.4, 0.5) is 5.69 Å². The lowest BCUT2D eigenvalue weighted by Crippen LogP contribution is -2.59. The van der Waals surface area contributed by atoms with E-state index in [9.17, 15) is 24.8 Å². The molecule has 2 aromatic rings. The van der Waals surface area contributed by atoms with Crippen LogP contribution in [0, 0.1) is 17.2 Å². The monoisotopic (exact) mass is 430 g/mol. The maximum Gasteiger partial charge on any atom is 0.333 e. The molecule has 0 amide bonds. The highest BCUT2D eigenvalue weighted by molar-refractivity contribution is 7.90. The SMILES string of the molecule is CC1CN(c2ccc3c(C#N)nccc3c2)[S+]([O-])N(C2CC(O)CC(C(=O)O)O2)C1. The second kappa shape index (κ2) is 8.37. The van der Waals surface area contributed by atoms with Crippen LogP contribution in [-0.4, -0.2) is 61.5 Å². The molecule has 9 nitrogen and oxygen atoms in total. The number of pyridine rings is 1. The summed E-state index contributed by atoms with van der Waals surface area (Å²) in [6.45, 7) is 3.02. The molecule has 4 rings (SSSR count). The van der Waals surface area contributed by atoms with Gasteiger partial charge in [-0.15, -0.1) is 0 Å². The van der Waals surface area contributed by atoms with Gasteiger partial charge in [0.25, 0.3) is 0 Å². The Kier molecular flexibility index (Phi) is 5.81. The standard InChI is InChI=1S/C20H22N4O5S/c1-12-10-23(14-2-3-16-13(6-14)4-5-22-17(16)9-21)30(28)24(11-12)19-8-15(25)7-18(29-19)20(26)27/h2-6,12,15,18-19,25H,7-8,10-11H2,1H3,(H,26,27). The lowest BCUT2D eigenvalue weighted by molar-refractivity contribution is -0.178. The molecule has 0 radical (unpaired) electrons. The second-order valence-electron chi connectivity index (χ2n) is 7.72. The average molecular weight is 430 g/mol. The van der Waals surface area contributed by atoms with E-state index in [2.05, 4.69) is 11.1 Å². The van der Waals surface area contributed by atoms with Gasteiger partial charge in [0, 0.05) is 24.4 Å². The van der Waals surface area contributed by atoms with E-state index in [0.717, 1.165) is 16.5 Å². The second-order valence-corrected chi connectivity index (χ2v) is 9.09. The zero-order valence-corrected chi connectivity index (χ0v) is 17.2. The first-order chi connectivity index (χ1) is 14.4. The zero-order chi connectivity index (χ0) is 21.4. The molecule has 2 aliphatic heterocycles. The molecule has 2 fully saturated rings. The normalized spacial score (nSPS) is 30.2. The van der Waals surface area contributed by atoms with E-state index in [1.54, 1.807) is 33.0 Å². The van der Waals surface area contributed by atoms with Crippen molar-refractivity contribution in [2.24, 2.45) is 5.92 Å². The summed E-state index contributed by atoms with van der Waals surface area (Å²) in [6.07, 6.45) is -0.924. The van der Waals surface area contributed by atoms with E-state index >= 15 is 0 Å². The van der Waals surface area contributed by atoms with Crippen molar-refractivity contribution in [1.29, 1.82) is 5.26 Å². The van der Waals surface area contributed by atoms with Gasteiger partial charge in [0.2, 0.25) is 0 Å². The molecule has 2 saturated heterocycles. The van der Waals surface area contributed by atoms with Gasteiger partial charge in [-0.1, -0.05) is 11.2 Å². The summed E-state index contributed by atoms with van der Waals surface area (Å²) in [4.78, 5) is 15.4. The number of nitrogens with zero attached hydrogens (tertiary/aromatic N) is 4. The van der Waals surface area contributed by atoms with Gasteiger partial charge in [0.1, 0.15) is 11.8 Å². The number of aliphatic carboxylic acids is 1. The van der Waals surface area contributed by atoms with E-state index in [1.807, 2.05) is 13.0 Å². The molecule has 158 valence electrons. The van der Waals surface area contributed by atoms with Crippen LogP contribution in [0.25, 0.3) is 10.8 Å². The first-order valence-corrected chi connectivity index (χ1v) is 10.7. The van der Waals surface area contributed by atoms with Crippen LogP contribution >= 0.6 is 0 Å². The Morgan fingerprint density at radius 1 is 1.37 bits per heavy atom. The van der Waals surface area contributed by atoms with Gasteiger partial charge < -0.3 is 19.5 Å². The summed E-state index contributed by atoms with van der Waals surface area (Å²) in [7, 11) is 0. The maximum absolute atomic E-state index is 13.4. The van der Waals surface area contributed by atoms with Gasteiger partial charge >= 0.3 is 5.97 Å². The van der Waals surface area contributed by atoms with E-state index in [0.29, 0.717) is 18.8 Å². The number of carboxylic acid groups (broad SMARTS) is 1. The van der Waals surface area contributed by atoms with Crippen molar-refractivity contribution in [3.63, 3.8) is 0 Å². The Morgan fingerprint density at radius 2 is 2.17 bits per heavy atom. The van der Waals surface area contributed by atoms with Gasteiger partial charge in [0.15, 0.2) is 23.9 Å². The van der Waals surface area contributed by atoms with Crippen LogP contribution in [0.3, 0.4) is 0 Å². The third-order valence-corrected chi connectivity index (χ3v) is 6.90. The number of benzene rings is 1. The average Bonchev–Trinajstić information content (AvgIpc) is 2.73. The molecule has 10 heteroatoms. The number of carboxylic acids is 1. The molecule has 5 atom stereocenters. The highest BCUT2D eigenvalue weighted by Crippen LogP contribution is 2.34. The number of hydrogen-bond acceptors (Lipinski definition) is 8. The molecule has 0 spiro atoms. The summed E-state index contributed by atoms with van der Waals surface area (Å²) in [5, 5.41) is 30.2. The zero-order valence-electron chi connectivity index (χ0n) is 16.3. The number of nitriles is 1. The van der Waals surface area contributed by atoms with Crippen LogP contribution in [-0.2, 0) is 21.1 Å². The minimum absolute atomic E-state index is 0.0194. The molecule has 0 bridgehead atoms. The maximum atomic E-state index is 13.4. The van der Waals surface area contributed by atoms with Crippen LogP contribution in [0.15, 0.2) is 30.5 Å². The van der Waals surface area contributed by atoms with Gasteiger partial charge in [-0.2, -0.15) is 9.57 Å². The van der Waals surface area contributed by atoms with E-state index in [4.69, 9.17) is 4.74 Å². The Bertz CT molecular complexity index is 999. The molecule has 0 aliphatic carbocycles. The summed E-state index contributed by atoms with van der Waals surface area (Å²) in [5.41, 5.74) is 1.05. The molecule has 5 unspecified atom stereocenters. The topological polar surface area (TPSA) is 133 Å². The number of aliphatic hydroxyl groups is 1. The number of carbonyl (C=O) groups is 1. The third-order valence-electron chi connectivity index (χ3n) is 5.38. The molecule has 0 saturated carbocycles. The fraction of sp³-hybridized carbons (Fsp3) is 0.450. The van der Waals surface area contributed by atoms with Crippen molar-refractivity contribution >= 4 is 34.0 Å². The summed E-state index contributed by atoms with van der Waals surface area (Å²) >= 11 is -1.62.